The van der Waals surface area contributed by atoms with Crippen LogP contribution in [-0.4, -0.2) is 20.9 Å². The summed E-state index contributed by atoms with van der Waals surface area (Å²) in [6.07, 6.45) is 2.89. The van der Waals surface area contributed by atoms with E-state index in [9.17, 15) is 18.0 Å². The average Bonchev–Trinajstić information content (AvgIpc) is 2.95. The lowest BCUT2D eigenvalue weighted by molar-refractivity contribution is 0.295. The van der Waals surface area contributed by atoms with Crippen LogP contribution >= 0.6 is 11.6 Å². The number of fused-ring (bicyclic) bond motifs is 1. The second-order valence-corrected chi connectivity index (χ2v) is 5.13. The fraction of sp³-hybridized carbons (Fsp3) is 0.200. The Morgan fingerprint density at radius 1 is 1.17 bits per heavy atom. The van der Waals surface area contributed by atoms with Crippen LogP contribution in [-0.2, 0) is 0 Å². The van der Waals surface area contributed by atoms with Crippen molar-refractivity contribution in [3.63, 3.8) is 0 Å². The van der Waals surface area contributed by atoms with Gasteiger partial charge in [0.15, 0.2) is 0 Å². The minimum absolute atomic E-state index is 0.195. The first kappa shape index (κ1) is 17.1. The molecular weight excluding hydrogens is 331 g/mol. The number of hydrogen-bond donors (Lipinski definition) is 0. The summed E-state index contributed by atoms with van der Waals surface area (Å²) in [5.41, 5.74) is 2.00. The van der Waals surface area contributed by atoms with Crippen LogP contribution in [0.3, 0.4) is 0 Å². The molecule has 0 amide bonds. The van der Waals surface area contributed by atoms with Crippen LogP contribution in [0.5, 0.6) is 0 Å². The van der Waals surface area contributed by atoms with E-state index in [2.05, 4.69) is 4.98 Å². The maximum Gasteiger partial charge on any atom is 0.262 e. The highest BCUT2D eigenvalue weighted by atomic mass is 35.5. The normalized spacial score (nSPS) is 10.5. The smallest absolute Gasteiger partial charge is 0.262 e. The average molecular weight is 344 g/mol. The second kappa shape index (κ2) is 6.87. The number of benzene rings is 1. The van der Waals surface area contributed by atoms with E-state index in [4.69, 9.17) is 11.6 Å². The van der Waals surface area contributed by atoms with E-state index in [1.807, 2.05) is 13.8 Å². The van der Waals surface area contributed by atoms with E-state index < -0.39 is 18.4 Å². The Bertz CT molecular complexity index is 905. The van der Waals surface area contributed by atoms with Gasteiger partial charge in [-0.1, -0.05) is 11.6 Å². The number of halogens is 4. The Morgan fingerprint density at radius 3 is 2.43 bits per heavy atom. The summed E-state index contributed by atoms with van der Waals surface area (Å²) in [6, 6.07) is 4.49. The molecule has 0 N–H and O–H groups in total. The van der Waals surface area contributed by atoms with E-state index in [0.717, 1.165) is 17.2 Å². The van der Waals surface area contributed by atoms with Crippen molar-refractivity contribution in [3.05, 3.63) is 63.0 Å². The predicted molar refractivity (Wildman–Crippen MR) is 82.3 cm³/mol. The van der Waals surface area contributed by atoms with Crippen LogP contribution in [0, 0.1) is 19.8 Å². The van der Waals surface area contributed by atoms with Crippen molar-refractivity contribution in [3.8, 4) is 5.69 Å². The minimum atomic E-state index is -1.75. The van der Waals surface area contributed by atoms with Crippen LogP contribution in [0.2, 0.25) is 5.02 Å². The lowest BCUT2D eigenvalue weighted by atomic mass is 10.1. The Labute approximate surface area is 134 Å². The zero-order chi connectivity index (χ0) is 17.1. The molecule has 3 aromatic rings. The molecule has 0 unspecified atom stereocenters. The van der Waals surface area contributed by atoms with Gasteiger partial charge in [0, 0.05) is 12.4 Å². The van der Waals surface area contributed by atoms with Gasteiger partial charge in [0.1, 0.15) is 0 Å². The highest BCUT2D eigenvalue weighted by Crippen LogP contribution is 2.24. The number of aromatic nitrogens is 3. The number of nitrogens with zero attached hydrogens (tertiary/aromatic N) is 3. The molecule has 23 heavy (non-hydrogen) atoms. The monoisotopic (exact) mass is 343 g/mol. The largest absolute Gasteiger partial charge is 0.269 e. The maximum absolute atomic E-state index is 13.7. The first-order chi connectivity index (χ1) is 10.9. The Hall–Kier alpha value is -2.28. The third-order valence-electron chi connectivity index (χ3n) is 3.32. The molecular formula is C15H13ClF3N3O. The first-order valence-electron chi connectivity index (χ1n) is 6.54. The summed E-state index contributed by atoms with van der Waals surface area (Å²) in [4.78, 5) is 16.1. The van der Waals surface area contributed by atoms with E-state index in [-0.39, 0.29) is 5.78 Å². The van der Waals surface area contributed by atoms with Crippen molar-refractivity contribution in [2.75, 3.05) is 6.93 Å². The van der Waals surface area contributed by atoms with Gasteiger partial charge in [-0.05, 0) is 37.1 Å². The van der Waals surface area contributed by atoms with E-state index in [1.54, 1.807) is 12.1 Å². The Balaban J connectivity index is 0.000000595. The molecule has 122 valence electrons. The summed E-state index contributed by atoms with van der Waals surface area (Å²) in [7, 11) is 0. The molecule has 0 aliphatic carbocycles. The van der Waals surface area contributed by atoms with Gasteiger partial charge in [0.2, 0.25) is 18.7 Å². The van der Waals surface area contributed by atoms with E-state index >= 15 is 0 Å². The molecule has 0 fully saturated rings. The second-order valence-electron chi connectivity index (χ2n) is 4.73. The fourth-order valence-electron chi connectivity index (χ4n) is 2.13. The van der Waals surface area contributed by atoms with Gasteiger partial charge >= 0.3 is 0 Å². The standard InChI is InChI=1S/C14H11ClFN3O.CH2F2/c1-8-5-10(15)11(6-9(8)2)19-13(20)7-12(16)18-4-3-17-14(18)19;2-1-3/h3-7H,1-2H3;1H2. The van der Waals surface area contributed by atoms with Crippen molar-refractivity contribution >= 4 is 17.4 Å². The number of aryl methyl sites for hydroxylation is 2. The fourth-order valence-corrected chi connectivity index (χ4v) is 2.43. The number of imidazole rings is 1. The summed E-state index contributed by atoms with van der Waals surface area (Å²) in [6.45, 7) is 2.11. The molecule has 2 aromatic heterocycles. The Morgan fingerprint density at radius 2 is 1.78 bits per heavy atom. The molecule has 4 nitrogen and oxygen atoms in total. The molecule has 0 saturated heterocycles. The SMILES string of the molecule is Cc1cc(Cl)c(-n2c(=O)cc(F)n3ccnc23)cc1C.FCF. The summed E-state index contributed by atoms with van der Waals surface area (Å²) >= 11 is 6.22. The molecule has 0 aliphatic heterocycles. The van der Waals surface area contributed by atoms with Gasteiger partial charge in [-0.3, -0.25) is 9.20 Å². The third kappa shape index (κ3) is 3.24. The minimum Gasteiger partial charge on any atom is -0.269 e. The van der Waals surface area contributed by atoms with Gasteiger partial charge in [-0.15, -0.1) is 0 Å². The van der Waals surface area contributed by atoms with E-state index in [0.29, 0.717) is 10.7 Å². The molecule has 2 heterocycles. The predicted octanol–water partition coefficient (Wildman–Crippen LogP) is 3.78. The molecule has 0 radical (unpaired) electrons. The summed E-state index contributed by atoms with van der Waals surface area (Å²) < 4.78 is 35.5. The zero-order valence-electron chi connectivity index (χ0n) is 12.4. The third-order valence-corrected chi connectivity index (χ3v) is 3.62. The highest BCUT2D eigenvalue weighted by molar-refractivity contribution is 6.32. The highest BCUT2D eigenvalue weighted by Gasteiger charge is 2.14. The van der Waals surface area contributed by atoms with Crippen molar-refractivity contribution in [1.29, 1.82) is 0 Å². The van der Waals surface area contributed by atoms with Gasteiger partial charge < -0.3 is 0 Å². The van der Waals surface area contributed by atoms with Crippen LogP contribution in [0.15, 0.2) is 35.4 Å². The molecule has 0 atom stereocenters. The quantitative estimate of drug-likeness (QED) is 0.631. The molecule has 0 aliphatic rings. The van der Waals surface area contributed by atoms with Gasteiger partial charge in [-0.2, -0.15) is 4.39 Å². The zero-order valence-corrected chi connectivity index (χ0v) is 13.1. The number of alkyl halides is 2. The van der Waals surface area contributed by atoms with Gasteiger partial charge in [0.25, 0.3) is 5.56 Å². The first-order valence-corrected chi connectivity index (χ1v) is 6.92. The molecule has 1 aromatic carbocycles. The molecule has 0 spiro atoms. The molecule has 3 rings (SSSR count). The molecule has 0 bridgehead atoms. The van der Waals surface area contributed by atoms with Crippen LogP contribution in [0.1, 0.15) is 11.1 Å². The summed E-state index contributed by atoms with van der Waals surface area (Å²) in [5.74, 6) is -0.459. The molecule has 8 heteroatoms. The summed E-state index contributed by atoms with van der Waals surface area (Å²) in [5, 5.41) is 0.423. The van der Waals surface area contributed by atoms with Crippen LogP contribution in [0.25, 0.3) is 11.5 Å². The topological polar surface area (TPSA) is 39.3 Å². The lowest BCUT2D eigenvalue weighted by Gasteiger charge is -2.12. The van der Waals surface area contributed by atoms with Crippen molar-refractivity contribution in [2.45, 2.75) is 13.8 Å². The lowest BCUT2D eigenvalue weighted by Crippen LogP contribution is -2.22. The van der Waals surface area contributed by atoms with Gasteiger partial charge in [-0.25, -0.2) is 18.3 Å². The molecule has 0 saturated carbocycles. The van der Waals surface area contributed by atoms with Gasteiger partial charge in [0.05, 0.1) is 16.8 Å². The number of hydrogen-bond acceptors (Lipinski definition) is 2. The Kier molecular flexibility index (Phi) is 5.10. The van der Waals surface area contributed by atoms with Crippen LogP contribution < -0.4 is 5.56 Å². The van der Waals surface area contributed by atoms with E-state index in [1.165, 1.54) is 21.4 Å². The van der Waals surface area contributed by atoms with Crippen molar-refractivity contribution in [2.24, 2.45) is 0 Å². The maximum atomic E-state index is 13.7. The number of rotatable bonds is 1. The van der Waals surface area contributed by atoms with Crippen LogP contribution in [0.4, 0.5) is 13.2 Å². The van der Waals surface area contributed by atoms with Crippen molar-refractivity contribution in [1.82, 2.24) is 14.0 Å². The van der Waals surface area contributed by atoms with Crippen molar-refractivity contribution < 1.29 is 13.2 Å².